The average molecular weight is 308 g/mol. The van der Waals surface area contributed by atoms with Crippen LogP contribution in [0.2, 0.25) is 0 Å². The van der Waals surface area contributed by atoms with E-state index in [0.717, 1.165) is 5.56 Å². The van der Waals surface area contributed by atoms with Crippen molar-refractivity contribution in [2.75, 3.05) is 13.1 Å². The molecule has 2 aromatic rings. The normalized spacial score (nSPS) is 13.2. The van der Waals surface area contributed by atoms with E-state index >= 15 is 0 Å². The molecular formula is C14H20N4O2S. The van der Waals surface area contributed by atoms with Crippen molar-refractivity contribution in [1.29, 1.82) is 0 Å². The Hall–Kier alpha value is -1.70. The zero-order valence-electron chi connectivity index (χ0n) is 11.9. The predicted molar refractivity (Wildman–Crippen MR) is 81.3 cm³/mol. The standard InChI is InChI=1S/C14H20N4O2S/c1-12(13-5-3-2-4-6-13)9-17-21(19,20)14-10-16-18(11-14)8-7-15/h2-6,10-12,17H,7-9,15H2,1H3. The van der Waals surface area contributed by atoms with Gasteiger partial charge in [-0.3, -0.25) is 4.68 Å². The number of rotatable bonds is 7. The molecule has 1 heterocycles. The van der Waals surface area contributed by atoms with Gasteiger partial charge in [0.05, 0.1) is 12.7 Å². The fraction of sp³-hybridized carbons (Fsp3) is 0.357. The van der Waals surface area contributed by atoms with Crippen LogP contribution in [0, 0.1) is 0 Å². The summed E-state index contributed by atoms with van der Waals surface area (Å²) < 4.78 is 28.5. The average Bonchev–Trinajstić information content (AvgIpc) is 2.96. The summed E-state index contributed by atoms with van der Waals surface area (Å²) >= 11 is 0. The fourth-order valence-corrected chi connectivity index (χ4v) is 3.04. The fourth-order valence-electron chi connectivity index (χ4n) is 1.96. The molecule has 1 aromatic carbocycles. The molecule has 114 valence electrons. The van der Waals surface area contributed by atoms with E-state index in [4.69, 9.17) is 5.73 Å². The quantitative estimate of drug-likeness (QED) is 0.796. The number of nitrogens with zero attached hydrogens (tertiary/aromatic N) is 2. The maximum absolute atomic E-state index is 12.2. The third-order valence-electron chi connectivity index (χ3n) is 3.23. The number of hydrogen-bond acceptors (Lipinski definition) is 4. The van der Waals surface area contributed by atoms with Crippen LogP contribution in [-0.4, -0.2) is 31.3 Å². The maximum atomic E-state index is 12.2. The van der Waals surface area contributed by atoms with Gasteiger partial charge in [0, 0.05) is 19.3 Å². The van der Waals surface area contributed by atoms with E-state index in [1.165, 1.54) is 17.1 Å². The van der Waals surface area contributed by atoms with Crippen molar-refractivity contribution < 1.29 is 8.42 Å². The van der Waals surface area contributed by atoms with E-state index in [-0.39, 0.29) is 10.8 Å². The first kappa shape index (κ1) is 15.7. The Kier molecular flexibility index (Phi) is 5.11. The van der Waals surface area contributed by atoms with Gasteiger partial charge in [0.15, 0.2) is 0 Å². The van der Waals surface area contributed by atoms with Crippen molar-refractivity contribution in [3.05, 3.63) is 48.3 Å². The molecule has 1 aromatic heterocycles. The van der Waals surface area contributed by atoms with Crippen LogP contribution in [0.4, 0.5) is 0 Å². The lowest BCUT2D eigenvalue weighted by Crippen LogP contribution is -2.27. The van der Waals surface area contributed by atoms with Crippen LogP contribution in [0.5, 0.6) is 0 Å². The number of nitrogens with one attached hydrogen (secondary N) is 1. The largest absolute Gasteiger partial charge is 0.329 e. The molecule has 0 radical (unpaired) electrons. The van der Waals surface area contributed by atoms with E-state index in [1.807, 2.05) is 37.3 Å². The van der Waals surface area contributed by atoms with Crippen molar-refractivity contribution in [3.63, 3.8) is 0 Å². The molecular weight excluding hydrogens is 288 g/mol. The molecule has 0 fully saturated rings. The van der Waals surface area contributed by atoms with Gasteiger partial charge in [0.2, 0.25) is 10.0 Å². The van der Waals surface area contributed by atoms with Crippen LogP contribution in [0.15, 0.2) is 47.6 Å². The van der Waals surface area contributed by atoms with Gasteiger partial charge in [-0.15, -0.1) is 0 Å². The summed E-state index contributed by atoms with van der Waals surface area (Å²) in [5.74, 6) is 0.0973. The van der Waals surface area contributed by atoms with E-state index < -0.39 is 10.0 Å². The van der Waals surface area contributed by atoms with Gasteiger partial charge < -0.3 is 5.73 Å². The van der Waals surface area contributed by atoms with Gasteiger partial charge in [0.25, 0.3) is 0 Å². The second-order valence-electron chi connectivity index (χ2n) is 4.89. The molecule has 1 atom stereocenters. The molecule has 6 nitrogen and oxygen atoms in total. The molecule has 3 N–H and O–H groups in total. The molecule has 0 amide bonds. The number of sulfonamides is 1. The summed E-state index contributed by atoms with van der Waals surface area (Å²) in [4.78, 5) is 0.163. The molecule has 0 aliphatic carbocycles. The topological polar surface area (TPSA) is 90.0 Å². The molecule has 0 bridgehead atoms. The summed E-state index contributed by atoms with van der Waals surface area (Å²) in [6, 6.07) is 9.79. The summed E-state index contributed by atoms with van der Waals surface area (Å²) in [6.45, 7) is 3.24. The first-order valence-corrected chi connectivity index (χ1v) is 8.28. The number of hydrogen-bond donors (Lipinski definition) is 2. The summed E-state index contributed by atoms with van der Waals surface area (Å²) in [5, 5.41) is 3.97. The number of nitrogens with two attached hydrogens (primary N) is 1. The lowest BCUT2D eigenvalue weighted by atomic mass is 10.0. The smallest absolute Gasteiger partial charge is 0.243 e. The number of benzene rings is 1. The van der Waals surface area contributed by atoms with Crippen molar-refractivity contribution in [1.82, 2.24) is 14.5 Å². The molecule has 0 saturated carbocycles. The Morgan fingerprint density at radius 2 is 2.05 bits per heavy atom. The molecule has 7 heteroatoms. The monoisotopic (exact) mass is 308 g/mol. The third-order valence-corrected chi connectivity index (χ3v) is 4.60. The van der Waals surface area contributed by atoms with Gasteiger partial charge >= 0.3 is 0 Å². The maximum Gasteiger partial charge on any atom is 0.243 e. The van der Waals surface area contributed by atoms with Crippen LogP contribution in [0.1, 0.15) is 18.4 Å². The molecule has 21 heavy (non-hydrogen) atoms. The minimum Gasteiger partial charge on any atom is -0.329 e. The summed E-state index contributed by atoms with van der Waals surface area (Å²) in [6.07, 6.45) is 2.83. The Morgan fingerprint density at radius 3 is 2.71 bits per heavy atom. The Labute approximate surface area is 125 Å². The van der Waals surface area contributed by atoms with Gasteiger partial charge in [-0.2, -0.15) is 5.10 Å². The third kappa shape index (κ3) is 4.13. The highest BCUT2D eigenvalue weighted by Gasteiger charge is 2.17. The van der Waals surface area contributed by atoms with Crippen LogP contribution in [0.3, 0.4) is 0 Å². The Balaban J connectivity index is 2.00. The van der Waals surface area contributed by atoms with E-state index in [9.17, 15) is 8.42 Å². The first-order chi connectivity index (χ1) is 10.0. The molecule has 1 unspecified atom stereocenters. The highest BCUT2D eigenvalue weighted by Crippen LogP contribution is 2.15. The van der Waals surface area contributed by atoms with Crippen LogP contribution < -0.4 is 10.5 Å². The van der Waals surface area contributed by atoms with Crippen LogP contribution in [-0.2, 0) is 16.6 Å². The highest BCUT2D eigenvalue weighted by atomic mass is 32.2. The zero-order chi connectivity index (χ0) is 15.3. The van der Waals surface area contributed by atoms with Gasteiger partial charge in [-0.05, 0) is 11.5 Å². The van der Waals surface area contributed by atoms with Gasteiger partial charge in [-0.1, -0.05) is 37.3 Å². The van der Waals surface area contributed by atoms with Gasteiger partial charge in [-0.25, -0.2) is 13.1 Å². The van der Waals surface area contributed by atoms with E-state index in [2.05, 4.69) is 9.82 Å². The Morgan fingerprint density at radius 1 is 1.33 bits per heavy atom. The minimum atomic E-state index is -3.53. The molecule has 0 aliphatic heterocycles. The first-order valence-electron chi connectivity index (χ1n) is 6.80. The number of aromatic nitrogens is 2. The minimum absolute atomic E-state index is 0.0973. The van der Waals surface area contributed by atoms with Crippen molar-refractivity contribution in [3.8, 4) is 0 Å². The van der Waals surface area contributed by atoms with E-state index in [0.29, 0.717) is 19.6 Å². The molecule has 0 aliphatic rings. The molecule has 0 spiro atoms. The van der Waals surface area contributed by atoms with Crippen molar-refractivity contribution >= 4 is 10.0 Å². The second kappa shape index (κ2) is 6.84. The van der Waals surface area contributed by atoms with Crippen molar-refractivity contribution in [2.24, 2.45) is 5.73 Å². The highest BCUT2D eigenvalue weighted by molar-refractivity contribution is 7.89. The lowest BCUT2D eigenvalue weighted by Gasteiger charge is -2.12. The molecule has 2 rings (SSSR count). The zero-order valence-corrected chi connectivity index (χ0v) is 12.8. The van der Waals surface area contributed by atoms with Crippen molar-refractivity contribution in [2.45, 2.75) is 24.3 Å². The summed E-state index contributed by atoms with van der Waals surface area (Å²) in [5.41, 5.74) is 6.51. The lowest BCUT2D eigenvalue weighted by molar-refractivity contribution is 0.574. The SMILES string of the molecule is CC(CNS(=O)(=O)c1cnn(CCN)c1)c1ccccc1. The Bertz CT molecular complexity index is 667. The second-order valence-corrected chi connectivity index (χ2v) is 6.66. The molecule has 0 saturated heterocycles. The predicted octanol–water partition coefficient (Wildman–Crippen LogP) is 0.924. The van der Waals surface area contributed by atoms with Gasteiger partial charge in [0.1, 0.15) is 4.90 Å². The summed E-state index contributed by atoms with van der Waals surface area (Å²) in [7, 11) is -3.53. The van der Waals surface area contributed by atoms with Crippen LogP contribution >= 0.6 is 0 Å². The van der Waals surface area contributed by atoms with E-state index in [1.54, 1.807) is 0 Å². The van der Waals surface area contributed by atoms with Crippen LogP contribution in [0.25, 0.3) is 0 Å².